The standard InChI is InChI=1S/C17H16N4O4/c1-10-18-14-9-16(25-3)15(24-2)8-13(14)17(19-10)20-11-4-6-12(7-5-11)21(22)23/h4-9H,1-3H3,(H,18,19,20). The molecule has 0 saturated carbocycles. The van der Waals surface area contributed by atoms with E-state index in [-0.39, 0.29) is 5.69 Å². The topological polar surface area (TPSA) is 99.4 Å². The van der Waals surface area contributed by atoms with Gasteiger partial charge in [-0.15, -0.1) is 0 Å². The minimum Gasteiger partial charge on any atom is -0.493 e. The van der Waals surface area contributed by atoms with Crippen molar-refractivity contribution in [1.82, 2.24) is 9.97 Å². The van der Waals surface area contributed by atoms with Crippen LogP contribution in [0.3, 0.4) is 0 Å². The molecule has 0 radical (unpaired) electrons. The lowest BCUT2D eigenvalue weighted by Gasteiger charge is -2.13. The summed E-state index contributed by atoms with van der Waals surface area (Å²) in [4.78, 5) is 19.2. The molecule has 0 bridgehead atoms. The second kappa shape index (κ2) is 6.60. The number of fused-ring (bicyclic) bond motifs is 1. The Morgan fingerprint density at radius 1 is 1.04 bits per heavy atom. The number of methoxy groups -OCH3 is 2. The van der Waals surface area contributed by atoms with Crippen LogP contribution < -0.4 is 14.8 Å². The van der Waals surface area contributed by atoms with E-state index < -0.39 is 4.92 Å². The van der Waals surface area contributed by atoms with Gasteiger partial charge in [-0.2, -0.15) is 0 Å². The zero-order valence-electron chi connectivity index (χ0n) is 13.9. The molecule has 25 heavy (non-hydrogen) atoms. The number of aryl methyl sites for hydroxylation is 1. The number of ether oxygens (including phenoxy) is 2. The summed E-state index contributed by atoms with van der Waals surface area (Å²) in [6.07, 6.45) is 0. The molecule has 0 unspecified atom stereocenters. The summed E-state index contributed by atoms with van der Waals surface area (Å²) in [7, 11) is 3.12. The first kappa shape index (κ1) is 16.4. The van der Waals surface area contributed by atoms with Crippen LogP contribution in [0.2, 0.25) is 0 Å². The van der Waals surface area contributed by atoms with E-state index in [9.17, 15) is 10.1 Å². The van der Waals surface area contributed by atoms with Crippen LogP contribution in [0.1, 0.15) is 5.82 Å². The summed E-state index contributed by atoms with van der Waals surface area (Å²) >= 11 is 0. The van der Waals surface area contributed by atoms with Gasteiger partial charge in [0.25, 0.3) is 5.69 Å². The van der Waals surface area contributed by atoms with Crippen LogP contribution in [0.25, 0.3) is 10.9 Å². The molecule has 128 valence electrons. The largest absolute Gasteiger partial charge is 0.493 e. The van der Waals surface area contributed by atoms with Crippen LogP contribution in [-0.2, 0) is 0 Å². The van der Waals surface area contributed by atoms with E-state index >= 15 is 0 Å². The number of non-ortho nitro benzene ring substituents is 1. The number of hydrogen-bond acceptors (Lipinski definition) is 7. The van der Waals surface area contributed by atoms with Crippen molar-refractivity contribution in [2.45, 2.75) is 6.92 Å². The van der Waals surface area contributed by atoms with Gasteiger partial charge >= 0.3 is 0 Å². The molecule has 1 N–H and O–H groups in total. The molecule has 3 aromatic rings. The first-order valence-electron chi connectivity index (χ1n) is 7.43. The average molecular weight is 340 g/mol. The lowest BCUT2D eigenvalue weighted by atomic mass is 10.2. The Labute approximate surface area is 143 Å². The first-order chi connectivity index (χ1) is 12.0. The van der Waals surface area contributed by atoms with Crippen LogP contribution >= 0.6 is 0 Å². The quantitative estimate of drug-likeness (QED) is 0.559. The molecule has 0 saturated heterocycles. The summed E-state index contributed by atoms with van der Waals surface area (Å²) in [5.41, 5.74) is 1.41. The molecule has 0 fully saturated rings. The highest BCUT2D eigenvalue weighted by molar-refractivity contribution is 5.93. The van der Waals surface area contributed by atoms with Gasteiger partial charge in [0.15, 0.2) is 11.5 Å². The Kier molecular flexibility index (Phi) is 4.34. The van der Waals surface area contributed by atoms with E-state index in [1.165, 1.54) is 12.1 Å². The number of nitro benzene ring substituents is 1. The van der Waals surface area contributed by atoms with Crippen LogP contribution in [0, 0.1) is 17.0 Å². The van der Waals surface area contributed by atoms with Gasteiger partial charge in [0, 0.05) is 29.3 Å². The fourth-order valence-electron chi connectivity index (χ4n) is 2.47. The van der Waals surface area contributed by atoms with Gasteiger partial charge in [-0.3, -0.25) is 10.1 Å². The maximum absolute atomic E-state index is 10.8. The van der Waals surface area contributed by atoms with E-state index in [1.807, 2.05) is 0 Å². The maximum Gasteiger partial charge on any atom is 0.269 e. The molecule has 0 spiro atoms. The predicted molar refractivity (Wildman–Crippen MR) is 93.8 cm³/mol. The lowest BCUT2D eigenvalue weighted by molar-refractivity contribution is -0.384. The maximum atomic E-state index is 10.8. The van der Waals surface area contributed by atoms with Gasteiger partial charge in [-0.05, 0) is 25.1 Å². The number of benzene rings is 2. The number of nitro groups is 1. The van der Waals surface area contributed by atoms with Crippen LogP contribution in [0.15, 0.2) is 36.4 Å². The molecule has 1 aromatic heterocycles. The van der Waals surface area contributed by atoms with Crippen LogP contribution in [-0.4, -0.2) is 29.1 Å². The van der Waals surface area contributed by atoms with Crippen molar-refractivity contribution in [3.8, 4) is 11.5 Å². The third-order valence-corrected chi connectivity index (χ3v) is 3.65. The molecule has 8 heteroatoms. The Bertz CT molecular complexity index is 942. The highest BCUT2D eigenvalue weighted by Gasteiger charge is 2.13. The number of aromatic nitrogens is 2. The molecule has 0 aliphatic rings. The highest BCUT2D eigenvalue weighted by Crippen LogP contribution is 2.35. The van der Waals surface area contributed by atoms with Crippen molar-refractivity contribution >= 4 is 28.1 Å². The van der Waals surface area contributed by atoms with E-state index in [4.69, 9.17) is 9.47 Å². The summed E-state index contributed by atoms with van der Waals surface area (Å²) in [6.45, 7) is 1.79. The van der Waals surface area contributed by atoms with Gasteiger partial charge in [0.05, 0.1) is 24.7 Å². The molecule has 8 nitrogen and oxygen atoms in total. The minimum atomic E-state index is -0.439. The molecule has 0 atom stereocenters. The number of anilines is 2. The number of rotatable bonds is 5. The smallest absolute Gasteiger partial charge is 0.269 e. The van der Waals surface area contributed by atoms with Gasteiger partial charge in [0.1, 0.15) is 11.6 Å². The van der Waals surface area contributed by atoms with E-state index in [0.29, 0.717) is 34.3 Å². The summed E-state index contributed by atoms with van der Waals surface area (Å²) < 4.78 is 10.6. The Hall–Kier alpha value is -3.42. The minimum absolute atomic E-state index is 0.0284. The van der Waals surface area contributed by atoms with Crippen LogP contribution in [0.4, 0.5) is 17.2 Å². The van der Waals surface area contributed by atoms with Crippen molar-refractivity contribution in [3.05, 3.63) is 52.3 Å². The Morgan fingerprint density at radius 3 is 2.28 bits per heavy atom. The second-order valence-corrected chi connectivity index (χ2v) is 5.27. The molecule has 0 aliphatic carbocycles. The van der Waals surface area contributed by atoms with E-state index in [2.05, 4.69) is 15.3 Å². The van der Waals surface area contributed by atoms with Gasteiger partial charge in [0.2, 0.25) is 0 Å². The molecule has 0 aliphatic heterocycles. The third-order valence-electron chi connectivity index (χ3n) is 3.65. The third kappa shape index (κ3) is 3.27. The van der Waals surface area contributed by atoms with E-state index in [1.54, 1.807) is 45.4 Å². The molecular formula is C17H16N4O4. The fourth-order valence-corrected chi connectivity index (χ4v) is 2.47. The van der Waals surface area contributed by atoms with E-state index in [0.717, 1.165) is 5.39 Å². The first-order valence-corrected chi connectivity index (χ1v) is 7.43. The lowest BCUT2D eigenvalue weighted by Crippen LogP contribution is -2.00. The van der Waals surface area contributed by atoms with Crippen molar-refractivity contribution < 1.29 is 14.4 Å². The number of hydrogen-bond donors (Lipinski definition) is 1. The normalized spacial score (nSPS) is 10.5. The second-order valence-electron chi connectivity index (χ2n) is 5.27. The van der Waals surface area contributed by atoms with Crippen molar-refractivity contribution in [1.29, 1.82) is 0 Å². The number of nitrogens with zero attached hydrogens (tertiary/aromatic N) is 3. The zero-order chi connectivity index (χ0) is 18.0. The fraction of sp³-hybridized carbons (Fsp3) is 0.176. The van der Waals surface area contributed by atoms with Gasteiger partial charge < -0.3 is 14.8 Å². The molecule has 0 amide bonds. The molecule has 1 heterocycles. The van der Waals surface area contributed by atoms with Crippen molar-refractivity contribution in [2.24, 2.45) is 0 Å². The summed E-state index contributed by atoms with van der Waals surface area (Å²) in [5.74, 6) is 2.31. The van der Waals surface area contributed by atoms with Crippen molar-refractivity contribution in [3.63, 3.8) is 0 Å². The van der Waals surface area contributed by atoms with Gasteiger partial charge in [-0.1, -0.05) is 0 Å². The predicted octanol–water partition coefficient (Wildman–Crippen LogP) is 3.61. The summed E-state index contributed by atoms with van der Waals surface area (Å²) in [6, 6.07) is 9.69. The van der Waals surface area contributed by atoms with Crippen LogP contribution in [0.5, 0.6) is 11.5 Å². The average Bonchev–Trinajstić information content (AvgIpc) is 2.61. The number of nitrogens with one attached hydrogen (secondary N) is 1. The van der Waals surface area contributed by atoms with Gasteiger partial charge in [-0.25, -0.2) is 9.97 Å². The SMILES string of the molecule is COc1cc2nc(C)nc(Nc3ccc([N+](=O)[O-])cc3)c2cc1OC. The Morgan fingerprint density at radius 2 is 1.68 bits per heavy atom. The molecule has 3 rings (SSSR count). The summed E-state index contributed by atoms with van der Waals surface area (Å²) in [5, 5.41) is 14.7. The highest BCUT2D eigenvalue weighted by atomic mass is 16.6. The molecular weight excluding hydrogens is 324 g/mol. The monoisotopic (exact) mass is 340 g/mol. The molecule has 2 aromatic carbocycles. The zero-order valence-corrected chi connectivity index (χ0v) is 13.9. The van der Waals surface area contributed by atoms with Crippen molar-refractivity contribution in [2.75, 3.05) is 19.5 Å². The Balaban J connectivity index is 2.06.